The Kier molecular flexibility index (Phi) is 6.12. The highest BCUT2D eigenvalue weighted by atomic mass is 16.6. The van der Waals surface area contributed by atoms with Gasteiger partial charge in [0.25, 0.3) is 0 Å². The third-order valence-electron chi connectivity index (χ3n) is 6.50. The Bertz CT molecular complexity index is 1080. The van der Waals surface area contributed by atoms with Crippen molar-refractivity contribution in [3.63, 3.8) is 0 Å². The monoisotopic (exact) mass is 466 g/mol. The van der Waals surface area contributed by atoms with Gasteiger partial charge in [-0.2, -0.15) is 0 Å². The van der Waals surface area contributed by atoms with Gasteiger partial charge in [-0.05, 0) is 50.1 Å². The largest absolute Gasteiger partial charge is 0.480 e. The number of benzene rings is 2. The first-order valence-corrected chi connectivity index (χ1v) is 11.3. The van der Waals surface area contributed by atoms with Crippen LogP contribution in [0.25, 0.3) is 11.1 Å². The van der Waals surface area contributed by atoms with Gasteiger partial charge in [-0.1, -0.05) is 48.5 Å². The highest BCUT2D eigenvalue weighted by molar-refractivity contribution is 5.88. The van der Waals surface area contributed by atoms with E-state index in [2.05, 4.69) is 5.32 Å². The number of likely N-dealkylation sites (N-methyl/N-ethyl adjacent to an activating group) is 1. The SMILES string of the molecule is CNC1(C(=O)O)CC(C(=O)OC(C)(C)C)N(C(=O)OCC2c3ccccc3-c3ccccc32)C1. The number of aliphatic carboxylic acids is 1. The summed E-state index contributed by atoms with van der Waals surface area (Å²) in [5, 5.41) is 12.6. The van der Waals surface area contributed by atoms with Crippen LogP contribution in [0.4, 0.5) is 4.79 Å². The smallest absolute Gasteiger partial charge is 0.410 e. The Balaban J connectivity index is 1.56. The molecule has 4 rings (SSSR count). The van der Waals surface area contributed by atoms with E-state index in [1.807, 2.05) is 48.5 Å². The van der Waals surface area contributed by atoms with Crippen LogP contribution in [0.3, 0.4) is 0 Å². The number of hydrogen-bond donors (Lipinski definition) is 2. The van der Waals surface area contributed by atoms with Crippen molar-refractivity contribution in [3.05, 3.63) is 59.7 Å². The molecular weight excluding hydrogens is 436 g/mol. The van der Waals surface area contributed by atoms with Crippen molar-refractivity contribution >= 4 is 18.0 Å². The van der Waals surface area contributed by atoms with E-state index in [0.29, 0.717) is 0 Å². The number of esters is 1. The maximum absolute atomic E-state index is 13.2. The molecule has 2 aliphatic rings. The second-order valence-corrected chi connectivity index (χ2v) is 9.82. The van der Waals surface area contributed by atoms with Gasteiger partial charge in [0.15, 0.2) is 0 Å². The average Bonchev–Trinajstić information content (AvgIpc) is 3.34. The molecule has 0 spiro atoms. The summed E-state index contributed by atoms with van der Waals surface area (Å²) in [5.41, 5.74) is 2.10. The number of fused-ring (bicyclic) bond motifs is 3. The fourth-order valence-corrected chi connectivity index (χ4v) is 4.80. The fraction of sp³-hybridized carbons (Fsp3) is 0.423. The molecule has 0 saturated carbocycles. The van der Waals surface area contributed by atoms with Crippen LogP contribution in [0.1, 0.15) is 44.2 Å². The number of rotatable bonds is 5. The number of carbonyl (C=O) groups is 3. The summed E-state index contributed by atoms with van der Waals surface area (Å²) >= 11 is 0. The molecule has 8 heteroatoms. The molecule has 0 radical (unpaired) electrons. The second-order valence-electron chi connectivity index (χ2n) is 9.82. The van der Waals surface area contributed by atoms with E-state index in [1.54, 1.807) is 20.8 Å². The van der Waals surface area contributed by atoms with Crippen LogP contribution < -0.4 is 5.32 Å². The molecule has 1 saturated heterocycles. The van der Waals surface area contributed by atoms with Crippen LogP contribution in [0.5, 0.6) is 0 Å². The van der Waals surface area contributed by atoms with E-state index < -0.39 is 35.2 Å². The highest BCUT2D eigenvalue weighted by Crippen LogP contribution is 2.44. The standard InChI is InChI=1S/C26H30N2O6/c1-25(2,3)34-22(29)21-13-26(27-4,23(30)31)15-28(21)24(32)33-14-20-18-11-7-5-9-16(18)17-10-6-8-12-19(17)20/h5-12,20-21,27H,13-15H2,1-4H3,(H,30,31). The number of ether oxygens (including phenoxy) is 2. The minimum absolute atomic E-state index is 0.0734. The summed E-state index contributed by atoms with van der Waals surface area (Å²) < 4.78 is 11.2. The zero-order valence-electron chi connectivity index (χ0n) is 19.8. The number of amides is 1. The first-order valence-electron chi connectivity index (χ1n) is 11.3. The van der Waals surface area contributed by atoms with Crippen LogP contribution in [-0.2, 0) is 19.1 Å². The number of carbonyl (C=O) groups excluding carboxylic acids is 2. The zero-order chi connectivity index (χ0) is 24.7. The van der Waals surface area contributed by atoms with Gasteiger partial charge >= 0.3 is 18.0 Å². The molecule has 180 valence electrons. The van der Waals surface area contributed by atoms with Crippen LogP contribution in [0.2, 0.25) is 0 Å². The van der Waals surface area contributed by atoms with Gasteiger partial charge in [0.05, 0.1) is 6.54 Å². The maximum atomic E-state index is 13.2. The Morgan fingerprint density at radius 2 is 1.62 bits per heavy atom. The van der Waals surface area contributed by atoms with E-state index in [4.69, 9.17) is 9.47 Å². The lowest BCUT2D eigenvalue weighted by atomic mass is 9.96. The predicted octanol–water partition coefficient (Wildman–Crippen LogP) is 3.39. The van der Waals surface area contributed by atoms with Crippen molar-refractivity contribution in [2.24, 2.45) is 0 Å². The summed E-state index contributed by atoms with van der Waals surface area (Å²) in [4.78, 5) is 39.3. The average molecular weight is 467 g/mol. The summed E-state index contributed by atoms with van der Waals surface area (Å²) in [5.74, 6) is -1.94. The Labute approximate surface area is 198 Å². The number of carboxylic acid groups (broad SMARTS) is 1. The highest BCUT2D eigenvalue weighted by Gasteiger charge is 2.54. The van der Waals surface area contributed by atoms with Crippen molar-refractivity contribution < 1.29 is 29.0 Å². The molecule has 0 aromatic heterocycles. The van der Waals surface area contributed by atoms with Gasteiger partial charge < -0.3 is 19.9 Å². The molecule has 1 aliphatic carbocycles. The molecule has 2 aromatic carbocycles. The molecule has 0 bridgehead atoms. The second kappa shape index (κ2) is 8.76. The molecule has 1 heterocycles. The Morgan fingerprint density at radius 1 is 1.06 bits per heavy atom. The molecule has 2 unspecified atom stereocenters. The van der Waals surface area contributed by atoms with Crippen LogP contribution >= 0.6 is 0 Å². The number of nitrogens with one attached hydrogen (secondary N) is 1. The minimum Gasteiger partial charge on any atom is -0.480 e. The quantitative estimate of drug-likeness (QED) is 0.651. The van der Waals surface area contributed by atoms with E-state index in [9.17, 15) is 19.5 Å². The van der Waals surface area contributed by atoms with Gasteiger partial charge in [0.1, 0.15) is 23.8 Å². The fourth-order valence-electron chi connectivity index (χ4n) is 4.80. The molecule has 2 aromatic rings. The van der Waals surface area contributed by atoms with Crippen LogP contribution in [-0.4, -0.2) is 65.4 Å². The van der Waals surface area contributed by atoms with Gasteiger partial charge in [0, 0.05) is 12.3 Å². The van der Waals surface area contributed by atoms with Crippen molar-refractivity contribution in [2.75, 3.05) is 20.2 Å². The topological polar surface area (TPSA) is 105 Å². The van der Waals surface area contributed by atoms with Gasteiger partial charge in [0.2, 0.25) is 0 Å². The summed E-state index contributed by atoms with van der Waals surface area (Å²) in [7, 11) is 1.50. The minimum atomic E-state index is -1.47. The molecule has 2 atom stereocenters. The van der Waals surface area contributed by atoms with Crippen LogP contribution in [0.15, 0.2) is 48.5 Å². The molecule has 34 heavy (non-hydrogen) atoms. The number of nitrogens with zero attached hydrogens (tertiary/aromatic N) is 1. The van der Waals surface area contributed by atoms with Crippen molar-refractivity contribution in [1.29, 1.82) is 0 Å². The summed E-state index contributed by atoms with van der Waals surface area (Å²) in [6.45, 7) is 5.03. The van der Waals surface area contributed by atoms with Gasteiger partial charge in [-0.15, -0.1) is 0 Å². The third kappa shape index (κ3) is 4.25. The first kappa shape index (κ1) is 23.8. The van der Waals surface area contributed by atoms with E-state index in [0.717, 1.165) is 22.3 Å². The number of hydrogen-bond acceptors (Lipinski definition) is 6. The van der Waals surface area contributed by atoms with Crippen molar-refractivity contribution in [1.82, 2.24) is 10.2 Å². The van der Waals surface area contributed by atoms with Crippen molar-refractivity contribution in [2.45, 2.75) is 50.3 Å². The Morgan fingerprint density at radius 3 is 2.12 bits per heavy atom. The van der Waals surface area contributed by atoms with Crippen LogP contribution in [0, 0.1) is 0 Å². The lowest BCUT2D eigenvalue weighted by molar-refractivity contribution is -0.159. The third-order valence-corrected chi connectivity index (χ3v) is 6.50. The number of likely N-dealkylation sites (tertiary alicyclic amines) is 1. The zero-order valence-corrected chi connectivity index (χ0v) is 19.8. The van der Waals surface area contributed by atoms with E-state index in [1.165, 1.54) is 11.9 Å². The van der Waals surface area contributed by atoms with E-state index in [-0.39, 0.29) is 25.5 Å². The lowest BCUT2D eigenvalue weighted by Crippen LogP contribution is -2.52. The van der Waals surface area contributed by atoms with E-state index >= 15 is 0 Å². The molecule has 1 aliphatic heterocycles. The maximum Gasteiger partial charge on any atom is 0.410 e. The summed E-state index contributed by atoms with van der Waals surface area (Å²) in [6.07, 6.45) is -0.853. The molecule has 1 fully saturated rings. The number of carboxylic acids is 1. The van der Waals surface area contributed by atoms with Gasteiger partial charge in [-0.3, -0.25) is 9.69 Å². The van der Waals surface area contributed by atoms with Gasteiger partial charge in [-0.25, -0.2) is 9.59 Å². The molecule has 8 nitrogen and oxygen atoms in total. The molecular formula is C26H30N2O6. The predicted molar refractivity (Wildman–Crippen MR) is 125 cm³/mol. The van der Waals surface area contributed by atoms with Crippen molar-refractivity contribution in [3.8, 4) is 11.1 Å². The first-order chi connectivity index (χ1) is 16.1. The normalized spacial score (nSPS) is 21.6. The molecule has 2 N–H and O–H groups in total. The Hall–Kier alpha value is -3.39. The summed E-state index contributed by atoms with van der Waals surface area (Å²) in [6, 6.07) is 14.9. The lowest BCUT2D eigenvalue weighted by Gasteiger charge is -2.27. The molecule has 1 amide bonds.